The van der Waals surface area contributed by atoms with Gasteiger partial charge in [0.1, 0.15) is 0 Å². The second kappa shape index (κ2) is 7.38. The first-order valence-electron chi connectivity index (χ1n) is 10.5. The lowest BCUT2D eigenvalue weighted by atomic mass is 10.0. The summed E-state index contributed by atoms with van der Waals surface area (Å²) in [5.74, 6) is 0. The van der Waals surface area contributed by atoms with Crippen LogP contribution in [-0.4, -0.2) is 0 Å². The quantitative estimate of drug-likeness (QED) is 0.284. The van der Waals surface area contributed by atoms with Crippen LogP contribution < -0.4 is 8.97 Å². The predicted molar refractivity (Wildman–Crippen MR) is 122 cm³/mol. The maximum atomic E-state index is 2.37. The van der Waals surface area contributed by atoms with Gasteiger partial charge in [0.25, 0.3) is 5.69 Å². The monoisotopic (exact) mass is 390 g/mol. The van der Waals surface area contributed by atoms with E-state index in [1.807, 2.05) is 0 Å². The van der Waals surface area contributed by atoms with E-state index in [9.17, 15) is 0 Å². The van der Waals surface area contributed by atoms with Crippen LogP contribution in [0.1, 0.15) is 22.4 Å². The maximum absolute atomic E-state index is 2.37. The highest BCUT2D eigenvalue weighted by Gasteiger charge is 2.22. The number of hydrogen-bond donors (Lipinski definition) is 0. The predicted octanol–water partition coefficient (Wildman–Crippen LogP) is 5.51. The number of rotatable bonds is 3. The summed E-state index contributed by atoms with van der Waals surface area (Å²) in [6, 6.07) is 28.6. The fraction of sp³-hybridized carbons (Fsp3) is 0.143. The fourth-order valence-electron chi connectivity index (χ4n) is 4.33. The Morgan fingerprint density at radius 1 is 0.700 bits per heavy atom. The molecule has 3 heterocycles. The summed E-state index contributed by atoms with van der Waals surface area (Å²) >= 11 is 0. The molecule has 2 heteroatoms. The molecule has 30 heavy (non-hydrogen) atoms. The van der Waals surface area contributed by atoms with Crippen LogP contribution in [0.3, 0.4) is 0 Å². The molecular weight excluding hydrogens is 364 g/mol. The Kier molecular flexibility index (Phi) is 4.55. The van der Waals surface area contributed by atoms with Crippen molar-refractivity contribution in [2.24, 2.45) is 0 Å². The molecule has 0 saturated carbocycles. The van der Waals surface area contributed by atoms with Crippen molar-refractivity contribution in [3.63, 3.8) is 0 Å². The Balaban J connectivity index is 1.72. The molecule has 0 atom stereocenters. The number of aromatic nitrogens is 2. The average Bonchev–Trinajstić information content (AvgIpc) is 2.77. The molecule has 0 radical (unpaired) electrons. The Bertz CT molecular complexity index is 1400. The summed E-state index contributed by atoms with van der Waals surface area (Å²) in [4.78, 5) is 0. The number of aryl methyl sites for hydroxylation is 3. The lowest BCUT2D eigenvalue weighted by Gasteiger charge is -2.09. The van der Waals surface area contributed by atoms with Crippen LogP contribution >= 0.6 is 0 Å². The average molecular weight is 391 g/mol. The van der Waals surface area contributed by atoms with E-state index in [4.69, 9.17) is 0 Å². The summed E-state index contributed by atoms with van der Waals surface area (Å²) in [6.07, 6.45) is 4.39. The molecule has 146 valence electrons. The van der Waals surface area contributed by atoms with Crippen LogP contribution in [0.5, 0.6) is 0 Å². The molecule has 0 aliphatic heterocycles. The van der Waals surface area contributed by atoms with Crippen molar-refractivity contribution < 1.29 is 8.97 Å². The second-order valence-corrected chi connectivity index (χ2v) is 8.21. The van der Waals surface area contributed by atoms with Crippen LogP contribution in [0.25, 0.3) is 27.5 Å². The third kappa shape index (κ3) is 3.25. The Morgan fingerprint density at radius 3 is 2.40 bits per heavy atom. The van der Waals surface area contributed by atoms with E-state index in [2.05, 4.69) is 121 Å². The third-order valence-corrected chi connectivity index (χ3v) is 5.92. The fourth-order valence-corrected chi connectivity index (χ4v) is 4.33. The van der Waals surface area contributed by atoms with Gasteiger partial charge in [0, 0.05) is 35.9 Å². The summed E-state index contributed by atoms with van der Waals surface area (Å²) in [7, 11) is 0. The minimum atomic E-state index is 0.805. The topological polar surface area (TPSA) is 7.98 Å². The van der Waals surface area contributed by atoms with Gasteiger partial charge in [-0.3, -0.25) is 0 Å². The molecule has 3 aromatic heterocycles. The first-order chi connectivity index (χ1) is 14.6. The maximum Gasteiger partial charge on any atom is 0.253 e. The molecule has 5 aromatic rings. The highest BCUT2D eigenvalue weighted by atomic mass is 15.0. The summed E-state index contributed by atoms with van der Waals surface area (Å²) in [5.41, 5.74) is 8.93. The minimum absolute atomic E-state index is 0.805. The Morgan fingerprint density at radius 2 is 1.50 bits per heavy atom. The minimum Gasteiger partial charge on any atom is -0.188 e. The molecule has 0 aliphatic carbocycles. The first-order valence-corrected chi connectivity index (χ1v) is 10.5. The van der Waals surface area contributed by atoms with Crippen molar-refractivity contribution in [1.29, 1.82) is 0 Å². The van der Waals surface area contributed by atoms with Gasteiger partial charge < -0.3 is 0 Å². The summed E-state index contributed by atoms with van der Waals surface area (Å²) < 4.78 is 4.69. The lowest BCUT2D eigenvalue weighted by Crippen LogP contribution is -2.42. The van der Waals surface area contributed by atoms with Gasteiger partial charge in [0.05, 0.1) is 5.39 Å². The van der Waals surface area contributed by atoms with Crippen LogP contribution in [0, 0.1) is 20.8 Å². The molecule has 0 bridgehead atoms. The number of benzene rings is 2. The first kappa shape index (κ1) is 18.5. The Labute approximate surface area is 177 Å². The molecule has 0 N–H and O–H groups in total. The highest BCUT2D eigenvalue weighted by molar-refractivity contribution is 5.93. The molecule has 0 unspecified atom stereocenters. The van der Waals surface area contributed by atoms with Gasteiger partial charge in [-0.05, 0) is 55.5 Å². The molecule has 0 aliphatic rings. The third-order valence-electron chi connectivity index (χ3n) is 5.92. The molecule has 0 fully saturated rings. The zero-order valence-electron chi connectivity index (χ0n) is 17.8. The van der Waals surface area contributed by atoms with Crippen LogP contribution in [0.15, 0.2) is 91.3 Å². The van der Waals surface area contributed by atoms with Crippen LogP contribution in [0.4, 0.5) is 0 Å². The van der Waals surface area contributed by atoms with Gasteiger partial charge in [-0.15, -0.1) is 0 Å². The highest BCUT2D eigenvalue weighted by Crippen LogP contribution is 2.23. The van der Waals surface area contributed by atoms with E-state index < -0.39 is 0 Å². The Hall–Kier alpha value is -3.52. The largest absolute Gasteiger partial charge is 0.253 e. The number of fused-ring (bicyclic) bond motifs is 3. The van der Waals surface area contributed by atoms with E-state index in [-0.39, 0.29) is 0 Å². The number of nitrogens with zero attached hydrogens (tertiary/aromatic N) is 2. The van der Waals surface area contributed by atoms with E-state index in [1.54, 1.807) is 0 Å². The molecule has 0 spiro atoms. The molecule has 5 rings (SSSR count). The molecule has 2 nitrogen and oxygen atoms in total. The van der Waals surface area contributed by atoms with Crippen molar-refractivity contribution in [2.75, 3.05) is 0 Å². The lowest BCUT2D eigenvalue weighted by molar-refractivity contribution is -0.695. The van der Waals surface area contributed by atoms with Gasteiger partial charge in [0.15, 0.2) is 12.4 Å². The van der Waals surface area contributed by atoms with Gasteiger partial charge >= 0.3 is 0 Å². The van der Waals surface area contributed by atoms with E-state index in [0.29, 0.717) is 0 Å². The van der Waals surface area contributed by atoms with Crippen LogP contribution in [0.2, 0.25) is 0 Å². The van der Waals surface area contributed by atoms with Gasteiger partial charge in [-0.1, -0.05) is 35.9 Å². The van der Waals surface area contributed by atoms with Crippen molar-refractivity contribution in [1.82, 2.24) is 0 Å². The van der Waals surface area contributed by atoms with Crippen molar-refractivity contribution >= 4 is 16.3 Å². The standard InChI is InChI=1S/C28H26N2/c1-20-11-12-22(3)26(16-20)28-17-21(2)13-15-29(28)19-24-18-23-8-4-5-9-25(23)27-10-6-7-14-30(24)27/h4-18H,19H2,1-3H3/q+2. The van der Waals surface area contributed by atoms with Gasteiger partial charge in [0.2, 0.25) is 17.8 Å². The number of pyridine rings is 3. The molecule has 2 aromatic carbocycles. The van der Waals surface area contributed by atoms with Crippen molar-refractivity contribution in [3.05, 3.63) is 114 Å². The van der Waals surface area contributed by atoms with E-state index >= 15 is 0 Å². The van der Waals surface area contributed by atoms with Crippen molar-refractivity contribution in [2.45, 2.75) is 27.3 Å². The molecule has 0 amide bonds. The van der Waals surface area contributed by atoms with E-state index in [0.717, 1.165) is 6.54 Å². The number of hydrogen-bond acceptors (Lipinski definition) is 0. The molecular formula is C28H26N2+2. The zero-order chi connectivity index (χ0) is 20.7. The smallest absolute Gasteiger partial charge is 0.188 e. The van der Waals surface area contributed by atoms with Gasteiger partial charge in [-0.2, -0.15) is 8.97 Å². The molecule has 0 saturated heterocycles. The summed E-state index contributed by atoms with van der Waals surface area (Å²) in [6.45, 7) is 7.33. The zero-order valence-corrected chi connectivity index (χ0v) is 17.8. The van der Waals surface area contributed by atoms with Gasteiger partial charge in [-0.25, -0.2) is 0 Å². The van der Waals surface area contributed by atoms with Crippen LogP contribution in [-0.2, 0) is 6.54 Å². The normalized spacial score (nSPS) is 11.3. The van der Waals surface area contributed by atoms with E-state index in [1.165, 1.54) is 49.9 Å². The second-order valence-electron chi connectivity index (χ2n) is 8.21. The SMILES string of the molecule is Cc1ccc(C)c(-c2cc(C)cc[n+]2Cc2cc3ccccc3c3cccc[n+]23)c1. The van der Waals surface area contributed by atoms with Crippen molar-refractivity contribution in [3.8, 4) is 11.3 Å². The summed E-state index contributed by atoms with van der Waals surface area (Å²) in [5, 5.41) is 2.56.